The molecule has 1 aromatic carbocycles. The fourth-order valence-electron chi connectivity index (χ4n) is 1.72. The van der Waals surface area contributed by atoms with E-state index in [1.54, 1.807) is 6.92 Å². The normalized spacial score (nSPS) is 10.1. The number of aromatic carboxylic acids is 1. The Kier molecular flexibility index (Phi) is 3.65. The van der Waals surface area contributed by atoms with Gasteiger partial charge in [-0.25, -0.2) is 4.79 Å². The van der Waals surface area contributed by atoms with Crippen molar-refractivity contribution in [3.63, 3.8) is 0 Å². The van der Waals surface area contributed by atoms with Crippen LogP contribution in [0.4, 0.5) is 5.69 Å². The van der Waals surface area contributed by atoms with Gasteiger partial charge in [-0.1, -0.05) is 0 Å². The largest absolute Gasteiger partial charge is 0.478 e. The maximum absolute atomic E-state index is 12.0. The van der Waals surface area contributed by atoms with Crippen LogP contribution in [0.5, 0.6) is 0 Å². The van der Waals surface area contributed by atoms with E-state index in [9.17, 15) is 14.4 Å². The number of hydrogen-bond acceptors (Lipinski definition) is 3. The second-order valence-corrected chi connectivity index (χ2v) is 4.21. The maximum Gasteiger partial charge on any atom is 0.335 e. The smallest absolute Gasteiger partial charge is 0.335 e. The first-order chi connectivity index (χ1) is 9.49. The van der Waals surface area contributed by atoms with Gasteiger partial charge in [-0.3, -0.25) is 9.59 Å². The maximum atomic E-state index is 12.0. The number of nitrogens with one attached hydrogen (secondary N) is 2. The molecule has 0 saturated carbocycles. The van der Waals surface area contributed by atoms with Gasteiger partial charge in [0.1, 0.15) is 5.56 Å². The first-order valence-electron chi connectivity index (χ1n) is 5.81. The van der Waals surface area contributed by atoms with Crippen molar-refractivity contribution in [2.45, 2.75) is 6.92 Å². The molecule has 0 unspecified atom stereocenters. The molecule has 0 aliphatic carbocycles. The minimum absolute atomic E-state index is 0.00536. The number of aromatic nitrogens is 1. The lowest BCUT2D eigenvalue weighted by molar-refractivity contribution is 0.0696. The van der Waals surface area contributed by atoms with Gasteiger partial charge in [0.05, 0.1) is 5.56 Å². The van der Waals surface area contributed by atoms with Crippen LogP contribution in [-0.4, -0.2) is 22.0 Å². The van der Waals surface area contributed by atoms with Gasteiger partial charge in [-0.2, -0.15) is 0 Å². The van der Waals surface area contributed by atoms with E-state index >= 15 is 0 Å². The zero-order valence-corrected chi connectivity index (χ0v) is 10.6. The number of carboxylic acid groups (broad SMARTS) is 1. The molecule has 3 N–H and O–H groups in total. The van der Waals surface area contributed by atoms with Crippen LogP contribution in [0.2, 0.25) is 0 Å². The van der Waals surface area contributed by atoms with Gasteiger partial charge in [-0.05, 0) is 30.7 Å². The summed E-state index contributed by atoms with van der Waals surface area (Å²) in [5.74, 6) is -1.58. The average Bonchev–Trinajstić information content (AvgIpc) is 2.41. The van der Waals surface area contributed by atoms with Gasteiger partial charge in [0.25, 0.3) is 5.91 Å². The van der Waals surface area contributed by atoms with Gasteiger partial charge >= 0.3 is 5.97 Å². The molecule has 0 bridgehead atoms. The quantitative estimate of drug-likeness (QED) is 0.790. The van der Waals surface area contributed by atoms with Crippen LogP contribution in [-0.2, 0) is 0 Å². The summed E-state index contributed by atoms with van der Waals surface area (Å²) < 4.78 is 0. The van der Waals surface area contributed by atoms with Crippen molar-refractivity contribution in [3.05, 3.63) is 63.6 Å². The molecule has 0 fully saturated rings. The minimum Gasteiger partial charge on any atom is -0.478 e. The van der Waals surface area contributed by atoms with E-state index in [-0.39, 0.29) is 16.6 Å². The van der Waals surface area contributed by atoms with Gasteiger partial charge < -0.3 is 15.4 Å². The molecule has 1 aromatic heterocycles. The van der Waals surface area contributed by atoms with Gasteiger partial charge in [0.2, 0.25) is 0 Å². The third-order valence-electron chi connectivity index (χ3n) is 2.79. The van der Waals surface area contributed by atoms with Crippen molar-refractivity contribution >= 4 is 17.6 Å². The summed E-state index contributed by atoms with van der Waals surface area (Å²) in [5.41, 5.74) is 0.808. The van der Waals surface area contributed by atoms with Crippen molar-refractivity contribution in [1.29, 1.82) is 0 Å². The summed E-state index contributed by atoms with van der Waals surface area (Å²) in [5, 5.41) is 11.4. The standard InChI is InChI=1S/C14H12N2O4/c1-8-6-9(14(19)20)2-3-11(8)16-13(18)10-7-15-5-4-12(10)17/h2-7H,1H3,(H,15,17)(H,16,18)(H,19,20). The number of carboxylic acids is 1. The highest BCUT2D eigenvalue weighted by Gasteiger charge is 2.12. The minimum atomic E-state index is -1.04. The lowest BCUT2D eigenvalue weighted by atomic mass is 10.1. The van der Waals surface area contributed by atoms with E-state index in [2.05, 4.69) is 10.3 Å². The Labute approximate surface area is 114 Å². The van der Waals surface area contributed by atoms with Gasteiger partial charge in [0, 0.05) is 24.1 Å². The molecular formula is C14H12N2O4. The molecule has 0 atom stereocenters. The number of aromatic amines is 1. The predicted molar refractivity (Wildman–Crippen MR) is 73.2 cm³/mol. The molecule has 0 aliphatic rings. The summed E-state index contributed by atoms with van der Waals surface area (Å²) in [6.07, 6.45) is 2.75. The van der Waals surface area contributed by atoms with Gasteiger partial charge in [0.15, 0.2) is 5.43 Å². The highest BCUT2D eigenvalue weighted by atomic mass is 16.4. The molecule has 6 heteroatoms. The number of pyridine rings is 1. The Morgan fingerprint density at radius 1 is 1.25 bits per heavy atom. The Balaban J connectivity index is 2.27. The van der Waals surface area contributed by atoms with Crippen molar-refractivity contribution in [3.8, 4) is 0 Å². The van der Waals surface area contributed by atoms with Crippen LogP contribution in [0, 0.1) is 6.92 Å². The number of rotatable bonds is 3. The number of benzene rings is 1. The number of amides is 1. The molecular weight excluding hydrogens is 260 g/mol. The lowest BCUT2D eigenvalue weighted by Gasteiger charge is -2.08. The lowest BCUT2D eigenvalue weighted by Crippen LogP contribution is -2.21. The number of hydrogen-bond donors (Lipinski definition) is 3. The number of anilines is 1. The Morgan fingerprint density at radius 3 is 2.60 bits per heavy atom. The Bertz CT molecular complexity index is 734. The monoisotopic (exact) mass is 272 g/mol. The zero-order chi connectivity index (χ0) is 14.7. The van der Waals surface area contributed by atoms with Crippen LogP contribution < -0.4 is 10.7 Å². The van der Waals surface area contributed by atoms with E-state index in [0.717, 1.165) is 0 Å². The number of H-pyrrole nitrogens is 1. The molecule has 1 heterocycles. The molecule has 0 radical (unpaired) electrons. The zero-order valence-electron chi connectivity index (χ0n) is 10.6. The summed E-state index contributed by atoms with van der Waals surface area (Å²) in [7, 11) is 0. The van der Waals surface area contributed by atoms with Crippen molar-refractivity contribution < 1.29 is 14.7 Å². The topological polar surface area (TPSA) is 99.3 Å². The van der Waals surface area contributed by atoms with Crippen LogP contribution in [0.25, 0.3) is 0 Å². The second kappa shape index (κ2) is 5.40. The molecule has 2 rings (SSSR count). The van der Waals surface area contributed by atoms with E-state index in [4.69, 9.17) is 5.11 Å². The molecule has 0 spiro atoms. The first-order valence-corrected chi connectivity index (χ1v) is 5.81. The summed E-state index contributed by atoms with van der Waals surface area (Å²) in [6.45, 7) is 1.68. The molecule has 102 valence electrons. The Morgan fingerprint density at radius 2 is 2.00 bits per heavy atom. The van der Waals surface area contributed by atoms with E-state index in [0.29, 0.717) is 11.3 Å². The highest BCUT2D eigenvalue weighted by molar-refractivity contribution is 6.04. The second-order valence-electron chi connectivity index (χ2n) is 4.21. The predicted octanol–water partition coefficient (Wildman–Crippen LogP) is 1.63. The van der Waals surface area contributed by atoms with Crippen molar-refractivity contribution in [2.24, 2.45) is 0 Å². The van der Waals surface area contributed by atoms with Crippen LogP contribution in [0.1, 0.15) is 26.3 Å². The molecule has 6 nitrogen and oxygen atoms in total. The van der Waals surface area contributed by atoms with Crippen LogP contribution in [0.15, 0.2) is 41.5 Å². The van der Waals surface area contributed by atoms with Gasteiger partial charge in [-0.15, -0.1) is 0 Å². The molecule has 2 aromatic rings. The van der Waals surface area contributed by atoms with E-state index in [1.807, 2.05) is 0 Å². The molecule has 0 saturated heterocycles. The third kappa shape index (κ3) is 2.74. The summed E-state index contributed by atoms with van der Waals surface area (Å²) >= 11 is 0. The number of carbonyl (C=O) groups excluding carboxylic acids is 1. The van der Waals surface area contributed by atoms with E-state index in [1.165, 1.54) is 36.7 Å². The van der Waals surface area contributed by atoms with Crippen LogP contribution >= 0.6 is 0 Å². The van der Waals surface area contributed by atoms with Crippen molar-refractivity contribution in [1.82, 2.24) is 4.98 Å². The van der Waals surface area contributed by atoms with E-state index < -0.39 is 11.9 Å². The molecule has 20 heavy (non-hydrogen) atoms. The SMILES string of the molecule is Cc1cc(C(=O)O)ccc1NC(=O)c1c[nH]ccc1=O. The Hall–Kier alpha value is -2.89. The van der Waals surface area contributed by atoms with Crippen molar-refractivity contribution in [2.75, 3.05) is 5.32 Å². The molecule has 0 aliphatic heterocycles. The van der Waals surface area contributed by atoms with Crippen LogP contribution in [0.3, 0.4) is 0 Å². The number of carbonyl (C=O) groups is 2. The summed E-state index contributed by atoms with van der Waals surface area (Å²) in [6, 6.07) is 5.59. The average molecular weight is 272 g/mol. The fraction of sp³-hybridized carbons (Fsp3) is 0.0714. The number of aryl methyl sites for hydroxylation is 1. The highest BCUT2D eigenvalue weighted by Crippen LogP contribution is 2.17. The fourth-order valence-corrected chi connectivity index (χ4v) is 1.72. The third-order valence-corrected chi connectivity index (χ3v) is 2.79. The summed E-state index contributed by atoms with van der Waals surface area (Å²) in [4.78, 5) is 37.0. The first kappa shape index (κ1) is 13.5. The molecule has 1 amide bonds.